The molecule has 1 N–H and O–H groups in total. The minimum absolute atomic E-state index is 0.294. The Morgan fingerprint density at radius 3 is 2.42 bits per heavy atom. The summed E-state index contributed by atoms with van der Waals surface area (Å²) in [6.07, 6.45) is 21.4. The van der Waals surface area contributed by atoms with Gasteiger partial charge < -0.3 is 5.32 Å². The molecule has 0 aliphatic heterocycles. The lowest BCUT2D eigenvalue weighted by Gasteiger charge is -2.35. The number of anilines is 1. The van der Waals surface area contributed by atoms with Crippen molar-refractivity contribution in [3.05, 3.63) is 167 Å². The Morgan fingerprint density at radius 1 is 0.722 bits per heavy atom. The van der Waals surface area contributed by atoms with Crippen LogP contribution in [0.25, 0.3) is 5.57 Å². The standard InChI is InChI=1S/C35H29N/c1-2-13-26(14-3-1)35(32-18-8-6-16-30(32)31-17-7-9-19-33(31)35)27-21-23-28(24-22-27)36-34-20-10-12-25-11-4-5-15-29(25)34/h1-6,8-11,13-16,18-25,36H,7,12,17H2. The zero-order chi connectivity index (χ0) is 24.0. The van der Waals surface area contributed by atoms with Crippen LogP contribution < -0.4 is 5.32 Å². The van der Waals surface area contributed by atoms with E-state index < -0.39 is 0 Å². The molecule has 7 rings (SSSR count). The Balaban J connectivity index is 1.36. The number of hydrogen-bond donors (Lipinski definition) is 1. The summed E-state index contributed by atoms with van der Waals surface area (Å²) in [5.74, 6) is 0.474. The molecule has 174 valence electrons. The summed E-state index contributed by atoms with van der Waals surface area (Å²) in [5, 5.41) is 3.71. The van der Waals surface area contributed by atoms with E-state index in [1.54, 1.807) is 0 Å². The van der Waals surface area contributed by atoms with Gasteiger partial charge in [0.15, 0.2) is 0 Å². The topological polar surface area (TPSA) is 12.0 Å². The summed E-state index contributed by atoms with van der Waals surface area (Å²) in [5.41, 5.74) is 11.8. The molecule has 0 heterocycles. The Morgan fingerprint density at radius 2 is 1.53 bits per heavy atom. The molecule has 2 unspecified atom stereocenters. The molecule has 0 bridgehead atoms. The second-order valence-electron chi connectivity index (χ2n) is 10.1. The fourth-order valence-corrected chi connectivity index (χ4v) is 6.57. The lowest BCUT2D eigenvalue weighted by Crippen LogP contribution is -2.29. The number of benzene rings is 3. The van der Waals surface area contributed by atoms with Gasteiger partial charge in [0.1, 0.15) is 0 Å². The highest BCUT2D eigenvalue weighted by Gasteiger charge is 2.46. The van der Waals surface area contributed by atoms with E-state index in [9.17, 15) is 0 Å². The lowest BCUT2D eigenvalue weighted by molar-refractivity contribution is 0.756. The third-order valence-corrected chi connectivity index (χ3v) is 8.15. The van der Waals surface area contributed by atoms with E-state index in [2.05, 4.69) is 133 Å². The summed E-state index contributed by atoms with van der Waals surface area (Å²) in [4.78, 5) is 0. The van der Waals surface area contributed by atoms with E-state index in [0.717, 1.165) is 24.9 Å². The molecule has 0 saturated heterocycles. The van der Waals surface area contributed by atoms with Crippen molar-refractivity contribution in [2.45, 2.75) is 24.7 Å². The van der Waals surface area contributed by atoms with Crippen molar-refractivity contribution in [3.8, 4) is 0 Å². The molecule has 1 nitrogen and oxygen atoms in total. The number of rotatable bonds is 4. The van der Waals surface area contributed by atoms with Gasteiger partial charge in [0.05, 0.1) is 5.41 Å². The summed E-state index contributed by atoms with van der Waals surface area (Å²) in [7, 11) is 0. The van der Waals surface area contributed by atoms with Crippen molar-refractivity contribution < 1.29 is 0 Å². The highest BCUT2D eigenvalue weighted by atomic mass is 14.9. The van der Waals surface area contributed by atoms with Crippen LogP contribution in [0.1, 0.15) is 41.5 Å². The van der Waals surface area contributed by atoms with Crippen LogP contribution in [0.4, 0.5) is 5.69 Å². The van der Waals surface area contributed by atoms with Crippen LogP contribution in [0.2, 0.25) is 0 Å². The molecule has 3 aromatic carbocycles. The molecule has 0 spiro atoms. The average Bonchev–Trinajstić information content (AvgIpc) is 3.26. The Hall–Kier alpha value is -4.10. The van der Waals surface area contributed by atoms with E-state index in [1.807, 2.05) is 0 Å². The average molecular weight is 464 g/mol. The molecule has 0 saturated carbocycles. The minimum Gasteiger partial charge on any atom is -0.355 e. The number of nitrogens with one attached hydrogen (secondary N) is 1. The highest BCUT2D eigenvalue weighted by Crippen LogP contribution is 2.56. The third kappa shape index (κ3) is 3.16. The Bertz CT molecular complexity index is 1510. The van der Waals surface area contributed by atoms with Crippen molar-refractivity contribution in [1.82, 2.24) is 0 Å². The van der Waals surface area contributed by atoms with Crippen LogP contribution >= 0.6 is 0 Å². The summed E-state index contributed by atoms with van der Waals surface area (Å²) in [6.45, 7) is 0. The monoisotopic (exact) mass is 463 g/mol. The molecule has 1 heteroatoms. The van der Waals surface area contributed by atoms with Crippen molar-refractivity contribution >= 4 is 11.3 Å². The van der Waals surface area contributed by atoms with Gasteiger partial charge in [-0.15, -0.1) is 0 Å². The van der Waals surface area contributed by atoms with Crippen LogP contribution in [0.5, 0.6) is 0 Å². The predicted molar refractivity (Wildman–Crippen MR) is 151 cm³/mol. The lowest BCUT2D eigenvalue weighted by atomic mass is 9.66. The van der Waals surface area contributed by atoms with Gasteiger partial charge in [-0.2, -0.15) is 0 Å². The van der Waals surface area contributed by atoms with Gasteiger partial charge >= 0.3 is 0 Å². The smallest absolute Gasteiger partial charge is 0.0710 e. The first-order valence-corrected chi connectivity index (χ1v) is 13.0. The minimum atomic E-state index is -0.294. The second kappa shape index (κ2) is 8.53. The maximum Gasteiger partial charge on any atom is 0.0710 e. The van der Waals surface area contributed by atoms with Crippen molar-refractivity contribution in [2.75, 3.05) is 5.32 Å². The molecule has 4 aliphatic carbocycles. The summed E-state index contributed by atoms with van der Waals surface area (Å²) >= 11 is 0. The van der Waals surface area contributed by atoms with E-state index in [1.165, 1.54) is 44.7 Å². The molecular weight excluding hydrogens is 434 g/mol. The highest BCUT2D eigenvalue weighted by molar-refractivity contribution is 5.88. The summed E-state index contributed by atoms with van der Waals surface area (Å²) < 4.78 is 0. The van der Waals surface area contributed by atoms with E-state index >= 15 is 0 Å². The van der Waals surface area contributed by atoms with Crippen LogP contribution in [0, 0.1) is 5.92 Å². The number of hydrogen-bond acceptors (Lipinski definition) is 1. The van der Waals surface area contributed by atoms with Crippen LogP contribution in [0.3, 0.4) is 0 Å². The molecule has 0 amide bonds. The third-order valence-electron chi connectivity index (χ3n) is 8.15. The summed E-state index contributed by atoms with van der Waals surface area (Å²) in [6, 6.07) is 29.2. The van der Waals surface area contributed by atoms with Crippen molar-refractivity contribution in [3.63, 3.8) is 0 Å². The normalized spacial score (nSPS) is 23.5. The quantitative estimate of drug-likeness (QED) is 0.409. The van der Waals surface area contributed by atoms with Crippen molar-refractivity contribution in [1.29, 1.82) is 0 Å². The predicted octanol–water partition coefficient (Wildman–Crippen LogP) is 8.51. The zero-order valence-corrected chi connectivity index (χ0v) is 20.3. The molecule has 0 aromatic heterocycles. The van der Waals surface area contributed by atoms with Gasteiger partial charge in [-0.05, 0) is 76.4 Å². The Kier molecular flexibility index (Phi) is 5.03. The molecule has 4 aliphatic rings. The van der Waals surface area contributed by atoms with Crippen LogP contribution in [-0.4, -0.2) is 0 Å². The zero-order valence-electron chi connectivity index (χ0n) is 20.3. The van der Waals surface area contributed by atoms with Gasteiger partial charge in [0, 0.05) is 17.3 Å². The van der Waals surface area contributed by atoms with E-state index in [-0.39, 0.29) is 5.41 Å². The molecule has 3 aromatic rings. The largest absolute Gasteiger partial charge is 0.355 e. The second-order valence-corrected chi connectivity index (χ2v) is 10.1. The van der Waals surface area contributed by atoms with Crippen LogP contribution in [0.15, 0.2) is 144 Å². The first kappa shape index (κ1) is 21.2. The first-order chi connectivity index (χ1) is 17.9. The van der Waals surface area contributed by atoms with Crippen molar-refractivity contribution in [2.24, 2.45) is 5.92 Å². The van der Waals surface area contributed by atoms with Crippen LogP contribution in [-0.2, 0) is 5.41 Å². The molecular formula is C35H29N. The number of fused-ring (bicyclic) bond motifs is 3. The van der Waals surface area contributed by atoms with E-state index in [0.29, 0.717) is 5.92 Å². The molecule has 0 radical (unpaired) electrons. The molecule has 0 fully saturated rings. The van der Waals surface area contributed by atoms with Gasteiger partial charge in [-0.25, -0.2) is 0 Å². The maximum absolute atomic E-state index is 3.71. The molecule has 36 heavy (non-hydrogen) atoms. The van der Waals surface area contributed by atoms with Gasteiger partial charge in [0.25, 0.3) is 0 Å². The fraction of sp³-hybridized carbons (Fsp3) is 0.143. The first-order valence-electron chi connectivity index (χ1n) is 13.0. The van der Waals surface area contributed by atoms with E-state index in [4.69, 9.17) is 0 Å². The molecule has 2 atom stereocenters. The van der Waals surface area contributed by atoms with Gasteiger partial charge in [-0.3, -0.25) is 0 Å². The fourth-order valence-electron chi connectivity index (χ4n) is 6.57. The SMILES string of the molecule is C1=CC2=C(Nc3ccc(C4(c5ccccc5)C5=C(CCC=C5)c5ccccc54)cc3)C=CCC2C=C1. The Labute approximate surface area is 213 Å². The maximum atomic E-state index is 3.71. The van der Waals surface area contributed by atoms with Gasteiger partial charge in [0.2, 0.25) is 0 Å². The number of allylic oxidation sites excluding steroid dienone is 11. The van der Waals surface area contributed by atoms with Gasteiger partial charge in [-0.1, -0.05) is 109 Å².